The first-order chi connectivity index (χ1) is 10.2. The number of urea groups is 1. The summed E-state index contributed by atoms with van der Waals surface area (Å²) in [6.45, 7) is 0.806. The van der Waals surface area contributed by atoms with Gasteiger partial charge in [0.25, 0.3) is 0 Å². The number of rotatable bonds is 4. The Morgan fingerprint density at radius 2 is 1.86 bits per heavy atom. The molecule has 4 heteroatoms. The number of benzene rings is 2. The molecule has 0 spiro atoms. The fourth-order valence-corrected chi connectivity index (χ4v) is 2.69. The highest BCUT2D eigenvalue weighted by Gasteiger charge is 2.34. The summed E-state index contributed by atoms with van der Waals surface area (Å²) < 4.78 is 0. The standard InChI is InChI=1S/C17H20N2O2/c20-16(19-12-17(21)9-4-10-17)18-11-14-7-3-6-13-5-1-2-8-15(13)14/h1-3,5-8,21H,4,9-12H2,(H2,18,19,20). The zero-order chi connectivity index (χ0) is 14.7. The predicted octanol–water partition coefficient (Wildman–Crippen LogP) is 2.55. The van der Waals surface area contributed by atoms with E-state index < -0.39 is 5.60 Å². The van der Waals surface area contributed by atoms with Crippen molar-refractivity contribution in [1.82, 2.24) is 10.6 Å². The van der Waals surface area contributed by atoms with Crippen LogP contribution in [-0.4, -0.2) is 23.3 Å². The van der Waals surface area contributed by atoms with Crippen LogP contribution in [0.3, 0.4) is 0 Å². The monoisotopic (exact) mass is 284 g/mol. The molecule has 0 aromatic heterocycles. The fraction of sp³-hybridized carbons (Fsp3) is 0.353. The highest BCUT2D eigenvalue weighted by molar-refractivity contribution is 5.86. The van der Waals surface area contributed by atoms with Crippen LogP contribution < -0.4 is 10.6 Å². The van der Waals surface area contributed by atoms with Gasteiger partial charge in [-0.3, -0.25) is 0 Å². The first kappa shape index (κ1) is 13.9. The number of carbonyl (C=O) groups is 1. The first-order valence-corrected chi connectivity index (χ1v) is 7.37. The van der Waals surface area contributed by atoms with Gasteiger partial charge in [0.1, 0.15) is 0 Å². The van der Waals surface area contributed by atoms with Gasteiger partial charge in [0, 0.05) is 13.1 Å². The molecule has 1 fully saturated rings. The molecule has 0 heterocycles. The van der Waals surface area contributed by atoms with E-state index in [-0.39, 0.29) is 6.03 Å². The first-order valence-electron chi connectivity index (χ1n) is 7.37. The number of carbonyl (C=O) groups excluding carboxylic acids is 1. The van der Waals surface area contributed by atoms with Crippen LogP contribution in [0.5, 0.6) is 0 Å². The van der Waals surface area contributed by atoms with Crippen molar-refractivity contribution in [2.24, 2.45) is 0 Å². The summed E-state index contributed by atoms with van der Waals surface area (Å²) in [5.41, 5.74) is 0.405. The molecule has 3 rings (SSSR count). The highest BCUT2D eigenvalue weighted by atomic mass is 16.3. The Balaban J connectivity index is 1.57. The molecule has 4 nitrogen and oxygen atoms in total. The zero-order valence-electron chi connectivity index (χ0n) is 11.9. The quantitative estimate of drug-likeness (QED) is 0.808. The molecule has 0 unspecified atom stereocenters. The maximum absolute atomic E-state index is 11.8. The van der Waals surface area contributed by atoms with Gasteiger partial charge in [-0.1, -0.05) is 42.5 Å². The van der Waals surface area contributed by atoms with Crippen molar-refractivity contribution >= 4 is 16.8 Å². The number of aliphatic hydroxyl groups is 1. The van der Waals surface area contributed by atoms with Crippen LogP contribution in [0.2, 0.25) is 0 Å². The third-order valence-corrected chi connectivity index (χ3v) is 4.18. The topological polar surface area (TPSA) is 61.4 Å². The van der Waals surface area contributed by atoms with Gasteiger partial charge in [-0.25, -0.2) is 4.79 Å². The van der Waals surface area contributed by atoms with Crippen LogP contribution >= 0.6 is 0 Å². The van der Waals surface area contributed by atoms with Crippen molar-refractivity contribution in [1.29, 1.82) is 0 Å². The molecule has 0 atom stereocenters. The molecule has 3 N–H and O–H groups in total. The van der Waals surface area contributed by atoms with Crippen LogP contribution in [0.4, 0.5) is 4.79 Å². The molecule has 2 amide bonds. The van der Waals surface area contributed by atoms with Crippen LogP contribution in [0.25, 0.3) is 10.8 Å². The number of amides is 2. The Kier molecular flexibility index (Phi) is 3.80. The molecule has 1 aliphatic carbocycles. The third kappa shape index (κ3) is 3.16. The number of hydrogen-bond donors (Lipinski definition) is 3. The lowest BCUT2D eigenvalue weighted by atomic mass is 9.80. The van der Waals surface area contributed by atoms with Gasteiger partial charge < -0.3 is 15.7 Å². The Hall–Kier alpha value is -2.07. The normalized spacial score (nSPS) is 16.2. The van der Waals surface area contributed by atoms with Crippen LogP contribution in [0.15, 0.2) is 42.5 Å². The lowest BCUT2D eigenvalue weighted by molar-refractivity contribution is -0.0290. The fourth-order valence-electron chi connectivity index (χ4n) is 2.69. The minimum Gasteiger partial charge on any atom is -0.388 e. The molecular formula is C17H20N2O2. The van der Waals surface area contributed by atoms with Crippen LogP contribution in [0.1, 0.15) is 24.8 Å². The van der Waals surface area contributed by atoms with Crippen LogP contribution in [0, 0.1) is 0 Å². The van der Waals surface area contributed by atoms with E-state index >= 15 is 0 Å². The lowest BCUT2D eigenvalue weighted by Gasteiger charge is -2.36. The van der Waals surface area contributed by atoms with Gasteiger partial charge >= 0.3 is 6.03 Å². The number of nitrogens with one attached hydrogen (secondary N) is 2. The van der Waals surface area contributed by atoms with Gasteiger partial charge in [0.05, 0.1) is 5.60 Å². The average molecular weight is 284 g/mol. The van der Waals surface area contributed by atoms with Gasteiger partial charge in [-0.05, 0) is 35.6 Å². The Labute approximate surface area is 124 Å². The Bertz CT molecular complexity index is 645. The van der Waals surface area contributed by atoms with Crippen molar-refractivity contribution in [3.63, 3.8) is 0 Å². The van der Waals surface area contributed by atoms with Crippen LogP contribution in [-0.2, 0) is 6.54 Å². The third-order valence-electron chi connectivity index (χ3n) is 4.18. The van der Waals surface area contributed by atoms with Gasteiger partial charge in [-0.15, -0.1) is 0 Å². The number of fused-ring (bicyclic) bond motifs is 1. The average Bonchev–Trinajstić information content (AvgIpc) is 2.49. The Morgan fingerprint density at radius 1 is 1.10 bits per heavy atom. The summed E-state index contributed by atoms with van der Waals surface area (Å²) in [4.78, 5) is 11.8. The molecule has 2 aromatic rings. The molecule has 1 aliphatic rings. The minimum atomic E-state index is -0.684. The summed E-state index contributed by atoms with van der Waals surface area (Å²) in [5, 5.41) is 17.9. The molecule has 0 saturated heterocycles. The van der Waals surface area contributed by atoms with Gasteiger partial charge in [0.15, 0.2) is 0 Å². The zero-order valence-corrected chi connectivity index (χ0v) is 11.9. The second-order valence-corrected chi connectivity index (χ2v) is 5.75. The Morgan fingerprint density at radius 3 is 2.62 bits per heavy atom. The SMILES string of the molecule is O=C(NCc1cccc2ccccc12)NCC1(O)CCC1. The molecule has 0 radical (unpaired) electrons. The molecular weight excluding hydrogens is 264 g/mol. The second-order valence-electron chi connectivity index (χ2n) is 5.75. The maximum atomic E-state index is 11.8. The molecule has 21 heavy (non-hydrogen) atoms. The van der Waals surface area contributed by atoms with Gasteiger partial charge in [0.2, 0.25) is 0 Å². The second kappa shape index (κ2) is 5.74. The van der Waals surface area contributed by atoms with E-state index in [9.17, 15) is 9.90 Å². The molecule has 110 valence electrons. The lowest BCUT2D eigenvalue weighted by Crippen LogP contribution is -2.49. The summed E-state index contributed by atoms with van der Waals surface area (Å²) in [6.07, 6.45) is 2.59. The van der Waals surface area contributed by atoms with Crippen molar-refractivity contribution in [2.75, 3.05) is 6.54 Å². The molecule has 1 saturated carbocycles. The van der Waals surface area contributed by atoms with Crippen molar-refractivity contribution in [3.05, 3.63) is 48.0 Å². The molecule has 0 bridgehead atoms. The number of hydrogen-bond acceptors (Lipinski definition) is 2. The van der Waals surface area contributed by atoms with Crippen molar-refractivity contribution < 1.29 is 9.90 Å². The summed E-state index contributed by atoms with van der Waals surface area (Å²) in [5.74, 6) is 0. The van der Waals surface area contributed by atoms with E-state index in [4.69, 9.17) is 0 Å². The molecule has 0 aliphatic heterocycles. The van der Waals surface area contributed by atoms with E-state index in [2.05, 4.69) is 28.8 Å². The van der Waals surface area contributed by atoms with E-state index in [0.29, 0.717) is 13.1 Å². The van der Waals surface area contributed by atoms with E-state index in [1.807, 2.05) is 24.3 Å². The highest BCUT2D eigenvalue weighted by Crippen LogP contribution is 2.30. The maximum Gasteiger partial charge on any atom is 0.315 e. The van der Waals surface area contributed by atoms with E-state index in [0.717, 1.165) is 30.2 Å². The summed E-state index contributed by atoms with van der Waals surface area (Å²) in [6, 6.07) is 14.0. The van der Waals surface area contributed by atoms with Crippen molar-refractivity contribution in [2.45, 2.75) is 31.4 Å². The summed E-state index contributed by atoms with van der Waals surface area (Å²) in [7, 11) is 0. The van der Waals surface area contributed by atoms with E-state index in [1.54, 1.807) is 0 Å². The minimum absolute atomic E-state index is 0.233. The summed E-state index contributed by atoms with van der Waals surface area (Å²) >= 11 is 0. The van der Waals surface area contributed by atoms with E-state index in [1.165, 1.54) is 5.39 Å². The van der Waals surface area contributed by atoms with Crippen molar-refractivity contribution in [3.8, 4) is 0 Å². The molecule has 2 aromatic carbocycles. The predicted molar refractivity (Wildman–Crippen MR) is 83.0 cm³/mol. The largest absolute Gasteiger partial charge is 0.388 e. The van der Waals surface area contributed by atoms with Gasteiger partial charge in [-0.2, -0.15) is 0 Å². The smallest absolute Gasteiger partial charge is 0.315 e.